The molecule has 2 N–H and O–H groups in total. The van der Waals surface area contributed by atoms with Crippen LogP contribution in [-0.4, -0.2) is 49.1 Å². The normalized spacial score (nSPS) is 20.3. The van der Waals surface area contributed by atoms with Gasteiger partial charge in [-0.1, -0.05) is 33.1 Å². The minimum Gasteiger partial charge on any atom is -0.353 e. The van der Waals surface area contributed by atoms with Crippen LogP contribution in [0.25, 0.3) is 0 Å². The fourth-order valence-electron chi connectivity index (χ4n) is 2.91. The van der Waals surface area contributed by atoms with Gasteiger partial charge in [0.25, 0.3) is 0 Å². The first-order chi connectivity index (χ1) is 9.67. The van der Waals surface area contributed by atoms with Crippen LogP contribution in [0.5, 0.6) is 0 Å². The smallest absolute Gasteiger partial charge is 0.234 e. The molecular weight excluding hydrogens is 250 g/mol. The Labute approximate surface area is 124 Å². The standard InChI is InChI=1S/C16H33N3O/c1-4-6-7-8-14(3)18-16(20)13-19(11-5-2)15-9-10-17-12-15/h14-15,17H,4-13H2,1-3H3,(H,18,20). The van der Waals surface area contributed by atoms with Gasteiger partial charge in [-0.15, -0.1) is 0 Å². The SMILES string of the molecule is CCCCCC(C)NC(=O)CN(CCC)C1CCNC1. The van der Waals surface area contributed by atoms with Crippen LogP contribution in [0.2, 0.25) is 0 Å². The maximum Gasteiger partial charge on any atom is 0.234 e. The van der Waals surface area contributed by atoms with Gasteiger partial charge in [0.1, 0.15) is 0 Å². The van der Waals surface area contributed by atoms with Crippen molar-refractivity contribution in [2.75, 3.05) is 26.2 Å². The second kappa shape index (κ2) is 10.2. The van der Waals surface area contributed by atoms with Gasteiger partial charge in [-0.3, -0.25) is 9.69 Å². The average molecular weight is 283 g/mol. The summed E-state index contributed by atoms with van der Waals surface area (Å²) >= 11 is 0. The lowest BCUT2D eigenvalue weighted by molar-refractivity contribution is -0.123. The summed E-state index contributed by atoms with van der Waals surface area (Å²) in [4.78, 5) is 14.5. The van der Waals surface area contributed by atoms with Gasteiger partial charge in [-0.05, 0) is 39.3 Å². The fraction of sp³-hybridized carbons (Fsp3) is 0.938. The van der Waals surface area contributed by atoms with Gasteiger partial charge in [0, 0.05) is 18.6 Å². The van der Waals surface area contributed by atoms with E-state index in [0.29, 0.717) is 18.6 Å². The Balaban J connectivity index is 2.29. The molecule has 118 valence electrons. The van der Waals surface area contributed by atoms with Crippen molar-refractivity contribution in [2.45, 2.75) is 71.4 Å². The minimum absolute atomic E-state index is 0.189. The second-order valence-electron chi connectivity index (χ2n) is 6.08. The fourth-order valence-corrected chi connectivity index (χ4v) is 2.91. The molecule has 0 aromatic rings. The number of carbonyl (C=O) groups is 1. The minimum atomic E-state index is 0.189. The number of nitrogens with one attached hydrogen (secondary N) is 2. The van der Waals surface area contributed by atoms with Crippen LogP contribution in [0, 0.1) is 0 Å². The molecule has 0 saturated carbocycles. The van der Waals surface area contributed by atoms with Crippen molar-refractivity contribution < 1.29 is 4.79 Å². The molecule has 0 aromatic heterocycles. The number of amides is 1. The summed E-state index contributed by atoms with van der Waals surface area (Å²) in [7, 11) is 0. The summed E-state index contributed by atoms with van der Waals surface area (Å²) in [5, 5.41) is 6.54. The van der Waals surface area contributed by atoms with Gasteiger partial charge in [0.15, 0.2) is 0 Å². The molecule has 1 aliphatic rings. The van der Waals surface area contributed by atoms with E-state index in [1.807, 2.05) is 0 Å². The monoisotopic (exact) mass is 283 g/mol. The van der Waals surface area contributed by atoms with E-state index < -0.39 is 0 Å². The Kier molecular flexibility index (Phi) is 8.86. The van der Waals surface area contributed by atoms with Gasteiger partial charge < -0.3 is 10.6 Å². The maximum absolute atomic E-state index is 12.2. The van der Waals surface area contributed by atoms with Crippen LogP contribution in [0.1, 0.15) is 59.3 Å². The van der Waals surface area contributed by atoms with Gasteiger partial charge in [-0.25, -0.2) is 0 Å². The lowest BCUT2D eigenvalue weighted by atomic mass is 10.1. The number of carbonyl (C=O) groups excluding carboxylic acids is 1. The highest BCUT2D eigenvalue weighted by Gasteiger charge is 2.23. The molecule has 2 atom stereocenters. The third kappa shape index (κ3) is 6.71. The zero-order valence-electron chi connectivity index (χ0n) is 13.6. The number of hydrogen-bond donors (Lipinski definition) is 2. The molecular formula is C16H33N3O. The van der Waals surface area contributed by atoms with Crippen LogP contribution < -0.4 is 10.6 Å². The molecule has 1 saturated heterocycles. The van der Waals surface area contributed by atoms with E-state index >= 15 is 0 Å². The van der Waals surface area contributed by atoms with Crippen LogP contribution in [-0.2, 0) is 4.79 Å². The van der Waals surface area contributed by atoms with E-state index in [1.165, 1.54) is 25.7 Å². The molecule has 1 amide bonds. The summed E-state index contributed by atoms with van der Waals surface area (Å²) in [5.41, 5.74) is 0. The molecule has 1 aliphatic heterocycles. The Morgan fingerprint density at radius 2 is 2.15 bits per heavy atom. The van der Waals surface area contributed by atoms with Crippen LogP contribution in [0.3, 0.4) is 0 Å². The Bertz CT molecular complexity index is 264. The van der Waals surface area contributed by atoms with E-state index in [4.69, 9.17) is 0 Å². The highest BCUT2D eigenvalue weighted by atomic mass is 16.2. The van der Waals surface area contributed by atoms with E-state index in [9.17, 15) is 4.79 Å². The van der Waals surface area contributed by atoms with E-state index in [1.54, 1.807) is 0 Å². The zero-order chi connectivity index (χ0) is 14.8. The summed E-state index contributed by atoms with van der Waals surface area (Å²) in [5.74, 6) is 0.189. The molecule has 2 unspecified atom stereocenters. The average Bonchev–Trinajstić information content (AvgIpc) is 2.92. The van der Waals surface area contributed by atoms with Crippen molar-refractivity contribution in [3.63, 3.8) is 0 Å². The first-order valence-electron chi connectivity index (χ1n) is 8.41. The van der Waals surface area contributed by atoms with Crippen molar-refractivity contribution in [2.24, 2.45) is 0 Å². The molecule has 1 fully saturated rings. The first-order valence-corrected chi connectivity index (χ1v) is 8.41. The lowest BCUT2D eigenvalue weighted by Gasteiger charge is -2.28. The van der Waals surface area contributed by atoms with Gasteiger partial charge in [0.05, 0.1) is 6.54 Å². The van der Waals surface area contributed by atoms with Crippen LogP contribution in [0.15, 0.2) is 0 Å². The molecule has 4 nitrogen and oxygen atoms in total. The summed E-state index contributed by atoms with van der Waals surface area (Å²) in [6, 6.07) is 0.843. The van der Waals surface area contributed by atoms with Crippen LogP contribution >= 0.6 is 0 Å². The van der Waals surface area contributed by atoms with E-state index in [-0.39, 0.29) is 5.91 Å². The largest absolute Gasteiger partial charge is 0.353 e. The predicted molar refractivity (Wildman–Crippen MR) is 84.9 cm³/mol. The van der Waals surface area contributed by atoms with Crippen LogP contribution in [0.4, 0.5) is 0 Å². The molecule has 20 heavy (non-hydrogen) atoms. The summed E-state index contributed by atoms with van der Waals surface area (Å²) in [6.07, 6.45) is 7.08. The molecule has 0 bridgehead atoms. The number of unbranched alkanes of at least 4 members (excludes halogenated alkanes) is 2. The van der Waals surface area contributed by atoms with Crippen molar-refractivity contribution in [3.8, 4) is 0 Å². The van der Waals surface area contributed by atoms with E-state index in [0.717, 1.165) is 32.5 Å². The molecule has 0 aromatic carbocycles. The summed E-state index contributed by atoms with van der Waals surface area (Å²) in [6.45, 7) is 10.2. The summed E-state index contributed by atoms with van der Waals surface area (Å²) < 4.78 is 0. The molecule has 1 rings (SSSR count). The Morgan fingerprint density at radius 1 is 1.35 bits per heavy atom. The van der Waals surface area contributed by atoms with Gasteiger partial charge >= 0.3 is 0 Å². The Hall–Kier alpha value is -0.610. The van der Waals surface area contributed by atoms with E-state index in [2.05, 4.69) is 36.3 Å². The highest BCUT2D eigenvalue weighted by molar-refractivity contribution is 5.78. The molecule has 0 aliphatic carbocycles. The molecule has 1 heterocycles. The number of nitrogens with zero attached hydrogens (tertiary/aromatic N) is 1. The van der Waals surface area contributed by atoms with Crippen molar-refractivity contribution in [3.05, 3.63) is 0 Å². The molecule has 4 heteroatoms. The topological polar surface area (TPSA) is 44.4 Å². The predicted octanol–water partition coefficient (Wildman–Crippen LogP) is 2.15. The quantitative estimate of drug-likeness (QED) is 0.604. The highest BCUT2D eigenvalue weighted by Crippen LogP contribution is 2.09. The first kappa shape index (κ1) is 17.4. The lowest BCUT2D eigenvalue weighted by Crippen LogP contribution is -2.46. The maximum atomic E-state index is 12.2. The number of rotatable bonds is 10. The van der Waals surface area contributed by atoms with Crippen molar-refractivity contribution in [1.82, 2.24) is 15.5 Å². The van der Waals surface area contributed by atoms with Crippen molar-refractivity contribution in [1.29, 1.82) is 0 Å². The third-order valence-electron chi connectivity index (χ3n) is 4.06. The van der Waals surface area contributed by atoms with Crippen molar-refractivity contribution >= 4 is 5.91 Å². The van der Waals surface area contributed by atoms with Gasteiger partial charge in [0.2, 0.25) is 5.91 Å². The molecule has 0 radical (unpaired) electrons. The molecule has 0 spiro atoms. The number of hydrogen-bond acceptors (Lipinski definition) is 3. The third-order valence-corrected chi connectivity index (χ3v) is 4.06. The Morgan fingerprint density at radius 3 is 2.75 bits per heavy atom. The second-order valence-corrected chi connectivity index (χ2v) is 6.08. The van der Waals surface area contributed by atoms with Gasteiger partial charge in [-0.2, -0.15) is 0 Å². The zero-order valence-corrected chi connectivity index (χ0v) is 13.6.